The van der Waals surface area contributed by atoms with Crippen LogP contribution in [0.5, 0.6) is 0 Å². The van der Waals surface area contributed by atoms with Crippen molar-refractivity contribution in [3.05, 3.63) is 28.8 Å². The van der Waals surface area contributed by atoms with Gasteiger partial charge in [-0.2, -0.15) is 9.57 Å². The summed E-state index contributed by atoms with van der Waals surface area (Å²) < 4.78 is 26.8. The summed E-state index contributed by atoms with van der Waals surface area (Å²) in [6.45, 7) is 6.62. The van der Waals surface area contributed by atoms with E-state index >= 15 is 0 Å². The molecule has 114 valence electrons. The van der Waals surface area contributed by atoms with Crippen molar-refractivity contribution in [1.29, 1.82) is 5.26 Å². The van der Waals surface area contributed by atoms with Crippen LogP contribution < -0.4 is 0 Å². The summed E-state index contributed by atoms with van der Waals surface area (Å²) in [6.07, 6.45) is 0. The molecule has 5 nitrogen and oxygen atoms in total. The molecule has 0 aromatic heterocycles. The third kappa shape index (κ3) is 3.22. The largest absolute Gasteiger partial charge is 0.298 e. The number of sulfonamides is 1. The Morgan fingerprint density at radius 2 is 2.14 bits per heavy atom. The highest BCUT2D eigenvalue weighted by atomic mass is 35.5. The van der Waals surface area contributed by atoms with E-state index in [4.69, 9.17) is 16.9 Å². The van der Waals surface area contributed by atoms with Crippen molar-refractivity contribution in [3.8, 4) is 6.07 Å². The molecule has 0 amide bonds. The van der Waals surface area contributed by atoms with Crippen LogP contribution in [0.15, 0.2) is 23.1 Å². The molecule has 1 aromatic rings. The van der Waals surface area contributed by atoms with E-state index in [1.807, 2.05) is 13.0 Å². The Hall–Kier alpha value is -1.13. The third-order valence-electron chi connectivity index (χ3n) is 3.81. The van der Waals surface area contributed by atoms with E-state index in [1.165, 1.54) is 22.5 Å². The van der Waals surface area contributed by atoms with Crippen LogP contribution in [0.4, 0.5) is 0 Å². The lowest BCUT2D eigenvalue weighted by Gasteiger charge is -2.38. The second-order valence-electron chi connectivity index (χ2n) is 5.10. The van der Waals surface area contributed by atoms with Crippen LogP contribution in [0.3, 0.4) is 0 Å². The lowest BCUT2D eigenvalue weighted by Crippen LogP contribution is -2.53. The van der Waals surface area contributed by atoms with Crippen LogP contribution in [0.2, 0.25) is 5.02 Å². The van der Waals surface area contributed by atoms with Crippen LogP contribution >= 0.6 is 11.6 Å². The molecule has 2 rings (SSSR count). The minimum absolute atomic E-state index is 0.0697. The van der Waals surface area contributed by atoms with Gasteiger partial charge in [0.15, 0.2) is 0 Å². The summed E-state index contributed by atoms with van der Waals surface area (Å²) in [4.78, 5) is 2.31. The second kappa shape index (κ2) is 6.32. The quantitative estimate of drug-likeness (QED) is 0.851. The highest BCUT2D eigenvalue weighted by Crippen LogP contribution is 2.27. The number of halogens is 1. The van der Waals surface area contributed by atoms with E-state index in [-0.39, 0.29) is 16.0 Å². The molecule has 1 fully saturated rings. The minimum Gasteiger partial charge on any atom is -0.298 e. The fourth-order valence-corrected chi connectivity index (χ4v) is 4.60. The van der Waals surface area contributed by atoms with Gasteiger partial charge in [-0.25, -0.2) is 8.42 Å². The average Bonchev–Trinajstić information content (AvgIpc) is 2.46. The summed E-state index contributed by atoms with van der Waals surface area (Å²) in [7, 11) is -3.62. The summed E-state index contributed by atoms with van der Waals surface area (Å²) in [5.74, 6) is 0. The average molecular weight is 328 g/mol. The zero-order valence-electron chi connectivity index (χ0n) is 12.1. The van der Waals surface area contributed by atoms with Gasteiger partial charge in [-0.05, 0) is 31.7 Å². The molecule has 0 bridgehead atoms. The molecular formula is C14H18ClN3O2S. The predicted octanol–water partition coefficient (Wildman–Crippen LogP) is 1.93. The first-order chi connectivity index (χ1) is 9.90. The van der Waals surface area contributed by atoms with Crippen LogP contribution in [0, 0.1) is 11.3 Å². The summed E-state index contributed by atoms with van der Waals surface area (Å²) in [5.41, 5.74) is 0.350. The molecule has 1 saturated heterocycles. The van der Waals surface area contributed by atoms with Crippen LogP contribution in [0.1, 0.15) is 19.4 Å². The summed E-state index contributed by atoms with van der Waals surface area (Å²) in [5, 5.41) is 8.92. The van der Waals surface area contributed by atoms with Gasteiger partial charge in [0.2, 0.25) is 10.0 Å². The van der Waals surface area contributed by atoms with Crippen molar-refractivity contribution in [2.24, 2.45) is 0 Å². The molecule has 7 heteroatoms. The van der Waals surface area contributed by atoms with Crippen LogP contribution in [0.25, 0.3) is 0 Å². The number of benzene rings is 1. The monoisotopic (exact) mass is 327 g/mol. The number of likely N-dealkylation sites (N-methyl/N-ethyl adjacent to an activating group) is 1. The maximum Gasteiger partial charge on any atom is 0.244 e. The Balaban J connectivity index is 2.29. The second-order valence-corrected chi connectivity index (χ2v) is 7.41. The third-order valence-corrected chi connectivity index (χ3v) is 6.16. The first-order valence-electron chi connectivity index (χ1n) is 6.84. The van der Waals surface area contributed by atoms with Crippen LogP contribution in [-0.4, -0.2) is 49.8 Å². The molecule has 0 saturated carbocycles. The molecule has 0 radical (unpaired) electrons. The molecule has 0 N–H and O–H groups in total. The molecule has 1 heterocycles. The van der Waals surface area contributed by atoms with Crippen molar-refractivity contribution in [1.82, 2.24) is 9.21 Å². The highest BCUT2D eigenvalue weighted by Gasteiger charge is 2.32. The minimum atomic E-state index is -3.62. The zero-order chi connectivity index (χ0) is 15.6. The molecule has 0 spiro atoms. The normalized spacial score (nSPS) is 21.1. The van der Waals surface area contributed by atoms with Gasteiger partial charge in [-0.3, -0.25) is 4.90 Å². The smallest absolute Gasteiger partial charge is 0.244 e. The zero-order valence-corrected chi connectivity index (χ0v) is 13.7. The molecule has 21 heavy (non-hydrogen) atoms. The van der Waals surface area contributed by atoms with Crippen LogP contribution in [-0.2, 0) is 10.0 Å². The predicted molar refractivity (Wildman–Crippen MR) is 81.6 cm³/mol. The van der Waals surface area contributed by atoms with Crippen molar-refractivity contribution in [2.45, 2.75) is 24.8 Å². The Bertz CT molecular complexity index is 669. The first kappa shape index (κ1) is 16.2. The maximum atomic E-state index is 12.7. The van der Waals surface area contributed by atoms with Crippen molar-refractivity contribution in [3.63, 3.8) is 0 Å². The first-order valence-corrected chi connectivity index (χ1v) is 8.65. The SMILES string of the molecule is CCN1CCN(S(=O)(=O)c2ccc(C#N)cc2Cl)CC1C. The van der Waals surface area contributed by atoms with Gasteiger partial charge in [0.25, 0.3) is 0 Å². The maximum absolute atomic E-state index is 12.7. The number of piperazine rings is 1. The van der Waals surface area contributed by atoms with Gasteiger partial charge in [0, 0.05) is 25.7 Å². The Labute approximate surface area is 130 Å². The molecule has 1 atom stereocenters. The van der Waals surface area contributed by atoms with E-state index in [2.05, 4.69) is 11.8 Å². The van der Waals surface area contributed by atoms with E-state index in [1.54, 1.807) is 0 Å². The van der Waals surface area contributed by atoms with Crippen molar-refractivity contribution < 1.29 is 8.42 Å². The van der Waals surface area contributed by atoms with Crippen molar-refractivity contribution in [2.75, 3.05) is 26.2 Å². The number of rotatable bonds is 3. The molecule has 1 aliphatic heterocycles. The fourth-order valence-electron chi connectivity index (χ4n) is 2.57. The van der Waals surface area contributed by atoms with Crippen molar-refractivity contribution >= 4 is 21.6 Å². The van der Waals surface area contributed by atoms with Gasteiger partial charge >= 0.3 is 0 Å². The Morgan fingerprint density at radius 3 is 2.67 bits per heavy atom. The number of nitriles is 1. The number of hydrogen-bond donors (Lipinski definition) is 0. The molecule has 0 aliphatic carbocycles. The van der Waals surface area contributed by atoms with Gasteiger partial charge in [0.1, 0.15) is 4.90 Å². The fraction of sp³-hybridized carbons (Fsp3) is 0.500. The standard InChI is InChI=1S/C14H18ClN3O2S/c1-3-17-6-7-18(10-11(17)2)21(19,20)14-5-4-12(9-16)8-13(14)15/h4-5,8,11H,3,6-7,10H2,1-2H3. The summed E-state index contributed by atoms with van der Waals surface area (Å²) in [6, 6.07) is 6.40. The number of hydrogen-bond acceptors (Lipinski definition) is 4. The molecule has 1 aromatic carbocycles. The van der Waals surface area contributed by atoms with Gasteiger partial charge in [0.05, 0.1) is 16.7 Å². The van der Waals surface area contributed by atoms with E-state index in [9.17, 15) is 8.42 Å². The van der Waals surface area contributed by atoms with E-state index in [0.717, 1.165) is 6.54 Å². The van der Waals surface area contributed by atoms with Gasteiger partial charge in [-0.1, -0.05) is 18.5 Å². The van der Waals surface area contributed by atoms with Gasteiger partial charge < -0.3 is 0 Å². The molecule has 1 unspecified atom stereocenters. The molecule has 1 aliphatic rings. The Kier molecular flexibility index (Phi) is 4.89. The molecular weight excluding hydrogens is 310 g/mol. The van der Waals surface area contributed by atoms with E-state index in [0.29, 0.717) is 25.2 Å². The van der Waals surface area contributed by atoms with Gasteiger partial charge in [-0.15, -0.1) is 0 Å². The van der Waals surface area contributed by atoms with E-state index < -0.39 is 10.0 Å². The summed E-state index contributed by atoms with van der Waals surface area (Å²) >= 11 is 6.04. The lowest BCUT2D eigenvalue weighted by molar-refractivity contribution is 0.135. The highest BCUT2D eigenvalue weighted by molar-refractivity contribution is 7.89. The lowest BCUT2D eigenvalue weighted by atomic mass is 10.2. The Morgan fingerprint density at radius 1 is 1.43 bits per heavy atom. The number of nitrogens with zero attached hydrogens (tertiary/aromatic N) is 3. The topological polar surface area (TPSA) is 64.4 Å².